The third kappa shape index (κ3) is 5.05. The van der Waals surface area contributed by atoms with Crippen molar-refractivity contribution < 1.29 is 96.4 Å². The molecule has 0 aromatic carbocycles. The van der Waals surface area contributed by atoms with E-state index in [1.165, 1.54) is 0 Å². The van der Waals surface area contributed by atoms with Crippen molar-refractivity contribution in [2.75, 3.05) is 0 Å². The molecule has 0 atom stereocenters. The van der Waals surface area contributed by atoms with Crippen molar-refractivity contribution in [1.29, 1.82) is 0 Å². The van der Waals surface area contributed by atoms with E-state index in [0.717, 1.165) is 0 Å². The lowest BCUT2D eigenvalue weighted by Crippen LogP contribution is -2.75. The molecule has 214 valence electrons. The largest absolute Gasteiger partial charge is 0.743 e. The van der Waals surface area contributed by atoms with Crippen LogP contribution >= 0.6 is 0 Å². The van der Waals surface area contributed by atoms with Gasteiger partial charge >= 0.3 is 52.9 Å². The molecule has 0 aromatic heterocycles. The average Bonchev–Trinajstić information content (AvgIpc) is 2.57. The van der Waals surface area contributed by atoms with Gasteiger partial charge in [-0.25, -0.2) is 8.42 Å². The fourth-order valence-corrected chi connectivity index (χ4v) is 2.26. The van der Waals surface area contributed by atoms with Crippen LogP contribution in [0.4, 0.5) is 83.4 Å². The minimum Gasteiger partial charge on any atom is -0.743 e. The van der Waals surface area contributed by atoms with Crippen molar-refractivity contribution in [1.82, 2.24) is 6.15 Å². The van der Waals surface area contributed by atoms with Crippen molar-refractivity contribution in [3.8, 4) is 0 Å². The highest BCUT2D eigenvalue weighted by Crippen LogP contribution is 2.64. The molecule has 0 fully saturated rings. The van der Waals surface area contributed by atoms with Crippen LogP contribution in [0.1, 0.15) is 12.8 Å². The molecule has 0 saturated carbocycles. The zero-order valence-electron chi connectivity index (χ0n) is 15.7. The van der Waals surface area contributed by atoms with Gasteiger partial charge in [-0.1, -0.05) is 0 Å². The molecule has 0 radical (unpaired) electrons. The molecule has 4 N–H and O–H groups in total. The van der Waals surface area contributed by atoms with E-state index in [-0.39, 0.29) is 6.15 Å². The van der Waals surface area contributed by atoms with Gasteiger partial charge in [-0.2, -0.15) is 83.4 Å². The minimum atomic E-state index is -9.00. The van der Waals surface area contributed by atoms with Crippen molar-refractivity contribution in [2.24, 2.45) is 0 Å². The van der Waals surface area contributed by atoms with E-state index in [1.54, 1.807) is 0 Å². The van der Waals surface area contributed by atoms with Crippen molar-refractivity contribution in [3.63, 3.8) is 0 Å². The van der Waals surface area contributed by atoms with Gasteiger partial charge < -0.3 is 10.7 Å². The van der Waals surface area contributed by atoms with Gasteiger partial charge in [0, 0.05) is 12.8 Å². The lowest BCUT2D eigenvalue weighted by Gasteiger charge is -2.43. The summed E-state index contributed by atoms with van der Waals surface area (Å²) < 4.78 is 276. The molecule has 0 saturated heterocycles. The third-order valence-corrected chi connectivity index (χ3v) is 4.72. The first kappa shape index (κ1) is 35.7. The van der Waals surface area contributed by atoms with E-state index in [2.05, 4.69) is 0 Å². The maximum Gasteiger partial charge on any atom is 0.402 e. The number of alkyl halides is 19. The number of hydrogen-bond donors (Lipinski definition) is 1. The topological polar surface area (TPSA) is 93.7 Å². The summed E-state index contributed by atoms with van der Waals surface area (Å²) in [5.41, 5.74) is 0. The summed E-state index contributed by atoms with van der Waals surface area (Å²) >= 11 is 0. The summed E-state index contributed by atoms with van der Waals surface area (Å²) in [7, 11) is -8.21. The predicted octanol–water partition coefficient (Wildman–Crippen LogP) is 6.29. The first-order valence-corrected chi connectivity index (χ1v) is 8.66. The molecule has 0 aliphatic heterocycles. The van der Waals surface area contributed by atoms with Crippen molar-refractivity contribution >= 4 is 10.1 Å². The maximum atomic E-state index is 13.4. The van der Waals surface area contributed by atoms with E-state index in [0.29, 0.717) is 0 Å². The summed E-state index contributed by atoms with van der Waals surface area (Å²) in [5.74, 6) is -59.4. The molecular weight excluding hydrogens is 587 g/mol. The van der Waals surface area contributed by atoms with E-state index >= 15 is 0 Å². The zero-order chi connectivity index (χ0) is 28.4. The fourth-order valence-electron chi connectivity index (χ4n) is 1.81. The Labute approximate surface area is 179 Å². The lowest BCUT2D eigenvalue weighted by atomic mass is 9.88. The van der Waals surface area contributed by atoms with Gasteiger partial charge in [0.2, 0.25) is 0 Å². The molecule has 0 rings (SSSR count). The molecule has 4 nitrogen and oxygen atoms in total. The minimum absolute atomic E-state index is 0. The van der Waals surface area contributed by atoms with Crippen LogP contribution < -0.4 is 6.15 Å². The first-order valence-electron chi connectivity index (χ1n) is 7.25. The summed E-state index contributed by atoms with van der Waals surface area (Å²) in [6.07, 6.45) is -12.7. The number of halogens is 19. The van der Waals surface area contributed by atoms with E-state index < -0.39 is 75.8 Å². The highest BCUT2D eigenvalue weighted by Gasteiger charge is 2.95. The molecular formula is C11H8F19NO3S. The Morgan fingerprint density at radius 1 is 0.457 bits per heavy atom. The fraction of sp³-hybridized carbons (Fsp3) is 1.00. The van der Waals surface area contributed by atoms with Crippen LogP contribution in [0.2, 0.25) is 0 Å². The van der Waals surface area contributed by atoms with Crippen LogP contribution in [0, 0.1) is 0 Å². The summed E-state index contributed by atoms with van der Waals surface area (Å²) in [6.45, 7) is 0. The van der Waals surface area contributed by atoms with Gasteiger partial charge in [-0.15, -0.1) is 0 Å². The second-order valence-electron chi connectivity index (χ2n) is 6.24. The van der Waals surface area contributed by atoms with Gasteiger partial charge in [-0.05, 0) is 0 Å². The Hall–Kier alpha value is -1.46. The first-order chi connectivity index (χ1) is 14.2. The van der Waals surface area contributed by atoms with Crippen LogP contribution in [0.25, 0.3) is 0 Å². The second-order valence-corrected chi connectivity index (χ2v) is 7.66. The Bertz CT molecular complexity index is 862. The van der Waals surface area contributed by atoms with Gasteiger partial charge in [0.15, 0.2) is 10.1 Å². The molecule has 0 amide bonds. The van der Waals surface area contributed by atoms with Gasteiger partial charge in [0.05, 0.1) is 0 Å². The molecule has 0 aromatic rings. The van der Waals surface area contributed by atoms with Gasteiger partial charge in [-0.3, -0.25) is 0 Å². The zero-order valence-corrected chi connectivity index (χ0v) is 16.5. The van der Waals surface area contributed by atoms with E-state index in [4.69, 9.17) is 0 Å². The Balaban J connectivity index is 0. The van der Waals surface area contributed by atoms with Gasteiger partial charge in [0.25, 0.3) is 0 Å². The Morgan fingerprint density at radius 2 is 0.714 bits per heavy atom. The number of quaternary nitrogens is 1. The Kier molecular flexibility index (Phi) is 9.01. The monoisotopic (exact) mass is 595 g/mol. The molecule has 0 aliphatic carbocycles. The number of rotatable bonds is 10. The molecule has 0 heterocycles. The normalized spacial score (nSPS) is 16.2. The second kappa shape index (κ2) is 8.83. The molecule has 0 unspecified atom stereocenters. The summed E-state index contributed by atoms with van der Waals surface area (Å²) in [5, 5.41) is -8.02. The quantitative estimate of drug-likeness (QED) is 0.238. The standard InChI is InChI=1S/C11H5F19O3S.H3N/c12-3(13,1-2-4(14,15)16)5(17,18)6(19,20)7(21,22)8(23,24)9(25,26)10(27,28)11(29,30)34(31,32)33;/h1-2H2,(H,31,32,33);1H3. The van der Waals surface area contributed by atoms with Crippen LogP contribution in [-0.4, -0.2) is 65.9 Å². The van der Waals surface area contributed by atoms with E-state index in [9.17, 15) is 96.4 Å². The average molecular weight is 595 g/mol. The highest BCUT2D eigenvalue weighted by atomic mass is 32.2. The predicted molar refractivity (Wildman–Crippen MR) is 70.5 cm³/mol. The van der Waals surface area contributed by atoms with Crippen LogP contribution in [0.3, 0.4) is 0 Å². The maximum absolute atomic E-state index is 13.4. The third-order valence-electron chi connectivity index (χ3n) is 3.83. The smallest absolute Gasteiger partial charge is 0.402 e. The van der Waals surface area contributed by atoms with Crippen molar-refractivity contribution in [2.45, 2.75) is 65.7 Å². The molecule has 24 heteroatoms. The highest BCUT2D eigenvalue weighted by molar-refractivity contribution is 7.86. The molecule has 0 bridgehead atoms. The summed E-state index contributed by atoms with van der Waals surface area (Å²) in [6, 6.07) is 0. The van der Waals surface area contributed by atoms with Crippen LogP contribution in [0.5, 0.6) is 0 Å². The van der Waals surface area contributed by atoms with Crippen molar-refractivity contribution in [3.05, 3.63) is 0 Å². The molecule has 0 spiro atoms. The number of hydrogen-bond acceptors (Lipinski definition) is 3. The Morgan fingerprint density at radius 3 is 0.971 bits per heavy atom. The molecule has 0 aliphatic rings. The van der Waals surface area contributed by atoms with Crippen LogP contribution in [0.15, 0.2) is 0 Å². The molecule has 35 heavy (non-hydrogen) atoms. The SMILES string of the molecule is O=S(=O)([O-])C(F)(F)C(F)(F)C(F)(F)C(F)(F)C(F)(F)C(F)(F)C(F)(F)C(F)(F)CCC(F)(F)F.[NH4+]. The van der Waals surface area contributed by atoms with Crippen LogP contribution in [-0.2, 0) is 10.1 Å². The van der Waals surface area contributed by atoms with Gasteiger partial charge in [0.1, 0.15) is 0 Å². The lowest BCUT2D eigenvalue weighted by molar-refractivity contribution is -0.449. The summed E-state index contributed by atoms with van der Waals surface area (Å²) in [4.78, 5) is 0. The van der Waals surface area contributed by atoms with E-state index in [1.807, 2.05) is 0 Å².